The molecule has 0 aliphatic heterocycles. The van der Waals surface area contributed by atoms with Crippen LogP contribution >= 0.6 is 35.1 Å². The van der Waals surface area contributed by atoms with Crippen LogP contribution in [0.3, 0.4) is 0 Å². The van der Waals surface area contributed by atoms with E-state index in [1.165, 1.54) is 5.56 Å². The topological polar surface area (TPSA) is 22.1 Å². The Morgan fingerprint density at radius 1 is 1.25 bits per heavy atom. The maximum Gasteiger partial charge on any atom is 0.138 e. The van der Waals surface area contributed by atoms with E-state index in [1.807, 2.05) is 48.7 Å². The molecule has 0 radical (unpaired) electrons. The smallest absolute Gasteiger partial charge is 0.138 e. The molecule has 0 saturated carbocycles. The summed E-state index contributed by atoms with van der Waals surface area (Å²) in [5.41, 5.74) is 4.32. The lowest BCUT2D eigenvalue weighted by Crippen LogP contribution is -1.93. The van der Waals surface area contributed by atoms with Crippen LogP contribution in [-0.2, 0) is 17.6 Å². The SMILES string of the molecule is C=C(OC)c1csc(Cc2cc(SF)ccc2C)n1.CCc1ccc(Cl)cc1. The van der Waals surface area contributed by atoms with Crippen molar-refractivity contribution in [2.24, 2.45) is 0 Å². The summed E-state index contributed by atoms with van der Waals surface area (Å²) in [6.45, 7) is 7.92. The summed E-state index contributed by atoms with van der Waals surface area (Å²) in [6, 6.07) is 13.5. The number of hydrogen-bond donors (Lipinski definition) is 0. The van der Waals surface area contributed by atoms with E-state index in [2.05, 4.69) is 18.5 Å². The Hall–Kier alpha value is -1.82. The van der Waals surface area contributed by atoms with Gasteiger partial charge in [-0.05, 0) is 54.3 Å². The molecule has 0 aliphatic carbocycles. The van der Waals surface area contributed by atoms with E-state index in [0.717, 1.165) is 33.3 Å². The average molecular weight is 436 g/mol. The third-order valence-corrected chi connectivity index (χ3v) is 5.69. The fourth-order valence-corrected chi connectivity index (χ4v) is 3.65. The average Bonchev–Trinajstić information content (AvgIpc) is 3.18. The molecule has 0 bridgehead atoms. The van der Waals surface area contributed by atoms with Gasteiger partial charge >= 0.3 is 0 Å². The zero-order valence-corrected chi connectivity index (χ0v) is 18.6. The van der Waals surface area contributed by atoms with Gasteiger partial charge in [-0.3, -0.25) is 0 Å². The van der Waals surface area contributed by atoms with Gasteiger partial charge in [0.25, 0.3) is 0 Å². The number of ether oxygens (including phenoxy) is 1. The highest BCUT2D eigenvalue weighted by Gasteiger charge is 2.08. The minimum atomic E-state index is 0.265. The first kappa shape index (κ1) is 22.5. The normalized spacial score (nSPS) is 10.2. The van der Waals surface area contributed by atoms with Crippen molar-refractivity contribution in [3.63, 3.8) is 0 Å². The highest BCUT2D eigenvalue weighted by Crippen LogP contribution is 2.25. The van der Waals surface area contributed by atoms with Crippen LogP contribution in [0, 0.1) is 6.92 Å². The second-order valence-electron chi connectivity index (χ2n) is 6.08. The van der Waals surface area contributed by atoms with Crippen molar-refractivity contribution in [1.82, 2.24) is 4.98 Å². The number of methoxy groups -OCH3 is 1. The summed E-state index contributed by atoms with van der Waals surface area (Å²) in [6.07, 6.45) is 1.78. The summed E-state index contributed by atoms with van der Waals surface area (Å²) in [7, 11) is 1.58. The monoisotopic (exact) mass is 435 g/mol. The van der Waals surface area contributed by atoms with Crippen LogP contribution in [0.2, 0.25) is 5.02 Å². The van der Waals surface area contributed by atoms with Gasteiger partial charge in [-0.25, -0.2) is 4.98 Å². The summed E-state index contributed by atoms with van der Waals surface area (Å²) in [5.74, 6) is 0.562. The molecule has 2 nitrogen and oxygen atoms in total. The lowest BCUT2D eigenvalue weighted by atomic mass is 10.1. The third kappa shape index (κ3) is 6.66. The van der Waals surface area contributed by atoms with E-state index < -0.39 is 0 Å². The van der Waals surface area contributed by atoms with E-state index in [-0.39, 0.29) is 12.1 Å². The molecule has 6 heteroatoms. The van der Waals surface area contributed by atoms with Gasteiger partial charge in [0.15, 0.2) is 0 Å². The third-order valence-electron chi connectivity index (χ3n) is 4.16. The first-order chi connectivity index (χ1) is 13.5. The molecule has 3 aromatic rings. The molecule has 28 heavy (non-hydrogen) atoms. The van der Waals surface area contributed by atoms with Gasteiger partial charge in [0.2, 0.25) is 0 Å². The Kier molecular flexibility index (Phi) is 9.03. The van der Waals surface area contributed by atoms with Crippen LogP contribution in [0.25, 0.3) is 5.76 Å². The molecule has 0 saturated heterocycles. The van der Waals surface area contributed by atoms with Gasteiger partial charge in [-0.15, -0.1) is 11.3 Å². The summed E-state index contributed by atoms with van der Waals surface area (Å²) in [4.78, 5) is 5.09. The van der Waals surface area contributed by atoms with E-state index in [4.69, 9.17) is 16.3 Å². The summed E-state index contributed by atoms with van der Waals surface area (Å²) < 4.78 is 17.7. The number of benzene rings is 2. The fraction of sp³-hybridized carbons (Fsp3) is 0.227. The Morgan fingerprint density at radius 2 is 1.96 bits per heavy atom. The Morgan fingerprint density at radius 3 is 2.57 bits per heavy atom. The van der Waals surface area contributed by atoms with Crippen molar-refractivity contribution in [3.8, 4) is 0 Å². The second kappa shape index (κ2) is 11.2. The number of rotatable bonds is 6. The molecule has 2 aromatic carbocycles. The quantitative estimate of drug-likeness (QED) is 0.373. The van der Waals surface area contributed by atoms with Crippen LogP contribution in [0.1, 0.15) is 34.3 Å². The Bertz CT molecular complexity index is 909. The highest BCUT2D eigenvalue weighted by atomic mass is 35.5. The molecule has 0 amide bonds. The molecule has 0 atom stereocenters. The van der Waals surface area contributed by atoms with Crippen LogP contribution in [0.4, 0.5) is 3.89 Å². The number of hydrogen-bond acceptors (Lipinski definition) is 4. The van der Waals surface area contributed by atoms with Crippen molar-refractivity contribution >= 4 is 40.8 Å². The van der Waals surface area contributed by atoms with E-state index in [0.29, 0.717) is 17.1 Å². The van der Waals surface area contributed by atoms with Crippen molar-refractivity contribution in [2.75, 3.05) is 7.11 Å². The van der Waals surface area contributed by atoms with Crippen molar-refractivity contribution in [3.05, 3.63) is 86.8 Å². The molecular weight excluding hydrogens is 413 g/mol. The lowest BCUT2D eigenvalue weighted by Gasteiger charge is -2.05. The Balaban J connectivity index is 0.000000261. The second-order valence-corrected chi connectivity index (χ2v) is 8.08. The zero-order valence-electron chi connectivity index (χ0n) is 16.2. The van der Waals surface area contributed by atoms with Gasteiger partial charge in [0, 0.05) is 21.7 Å². The minimum absolute atomic E-state index is 0.265. The number of thiazole rings is 1. The van der Waals surface area contributed by atoms with Crippen molar-refractivity contribution in [1.29, 1.82) is 0 Å². The first-order valence-corrected chi connectivity index (χ1v) is 10.7. The molecule has 0 fully saturated rings. The summed E-state index contributed by atoms with van der Waals surface area (Å²) >= 11 is 7.49. The molecule has 1 aromatic heterocycles. The predicted molar refractivity (Wildman–Crippen MR) is 120 cm³/mol. The number of halogens is 2. The molecular formula is C22H23ClFNOS2. The highest BCUT2D eigenvalue weighted by molar-refractivity contribution is 7.94. The standard InChI is InChI=1S/C14H14FNOS2.C8H9Cl/c1-9-4-5-12(19-15)6-11(9)7-14-16-13(8-18-14)10(2)17-3;1-2-7-3-5-8(9)6-4-7/h4-6,8H,2,7H2,1,3H3;3-6H,2H2,1H3. The molecule has 1 heterocycles. The van der Waals surface area contributed by atoms with Crippen LogP contribution in [0.15, 0.2) is 59.3 Å². The molecule has 0 unspecified atom stereocenters. The maximum atomic E-state index is 12.6. The minimum Gasteiger partial charge on any atom is -0.495 e. The first-order valence-electron chi connectivity index (χ1n) is 8.77. The van der Waals surface area contributed by atoms with E-state index in [1.54, 1.807) is 24.5 Å². The zero-order chi connectivity index (χ0) is 20.5. The summed E-state index contributed by atoms with van der Waals surface area (Å²) in [5, 5.41) is 3.70. The van der Waals surface area contributed by atoms with E-state index >= 15 is 0 Å². The number of nitrogens with zero attached hydrogens (tertiary/aromatic N) is 1. The largest absolute Gasteiger partial charge is 0.495 e. The van der Waals surface area contributed by atoms with Gasteiger partial charge in [0.1, 0.15) is 11.5 Å². The molecule has 0 N–H and O–H groups in total. The van der Waals surface area contributed by atoms with Crippen LogP contribution in [0.5, 0.6) is 0 Å². The molecule has 3 rings (SSSR count). The van der Waals surface area contributed by atoms with Gasteiger partial charge in [-0.1, -0.05) is 43.3 Å². The van der Waals surface area contributed by atoms with Crippen molar-refractivity contribution in [2.45, 2.75) is 31.6 Å². The van der Waals surface area contributed by atoms with Crippen LogP contribution < -0.4 is 0 Å². The maximum absolute atomic E-state index is 12.6. The van der Waals surface area contributed by atoms with E-state index in [9.17, 15) is 3.89 Å². The van der Waals surface area contributed by atoms with Crippen molar-refractivity contribution < 1.29 is 8.62 Å². The lowest BCUT2D eigenvalue weighted by molar-refractivity contribution is 0.370. The predicted octanol–water partition coefficient (Wildman–Crippen LogP) is 7.54. The van der Waals surface area contributed by atoms with Crippen LogP contribution in [-0.4, -0.2) is 12.1 Å². The van der Waals surface area contributed by atoms with Gasteiger partial charge < -0.3 is 4.74 Å². The molecule has 0 spiro atoms. The fourth-order valence-electron chi connectivity index (χ4n) is 2.39. The van der Waals surface area contributed by atoms with Gasteiger partial charge in [-0.2, -0.15) is 3.89 Å². The Labute approximate surface area is 179 Å². The number of aryl methyl sites for hydroxylation is 2. The molecule has 148 valence electrons. The number of aromatic nitrogens is 1. The van der Waals surface area contributed by atoms with Gasteiger partial charge in [0.05, 0.1) is 24.3 Å². The molecule has 0 aliphatic rings.